The minimum Gasteiger partial charge on any atom is -0.376 e. The Hall–Kier alpha value is -0.360. The zero-order valence-electron chi connectivity index (χ0n) is 9.61. The van der Waals surface area contributed by atoms with Crippen LogP contribution in [0.2, 0.25) is 0 Å². The summed E-state index contributed by atoms with van der Waals surface area (Å²) >= 11 is 0. The standard InChI is InChI=1S/C10H20N2O3.ClH/c1-8(10(13)12-5-4-11)15-7-9-3-2-6-14-9;/h8-9H,2-7,11H2,1H3,(H,12,13);1H. The molecule has 1 aliphatic heterocycles. The quantitative estimate of drug-likeness (QED) is 0.702. The zero-order chi connectivity index (χ0) is 11.1. The van der Waals surface area contributed by atoms with Crippen LogP contribution in [0, 0.1) is 0 Å². The first-order chi connectivity index (χ1) is 7.24. The van der Waals surface area contributed by atoms with Crippen LogP contribution in [0.15, 0.2) is 0 Å². The van der Waals surface area contributed by atoms with Gasteiger partial charge in [-0.15, -0.1) is 12.4 Å². The molecule has 0 aliphatic carbocycles. The highest BCUT2D eigenvalue weighted by molar-refractivity contribution is 5.85. The highest BCUT2D eigenvalue weighted by atomic mass is 35.5. The summed E-state index contributed by atoms with van der Waals surface area (Å²) in [5.41, 5.74) is 5.27. The molecule has 0 aromatic heterocycles. The molecule has 0 spiro atoms. The third-order valence-electron chi connectivity index (χ3n) is 2.37. The molecule has 2 atom stereocenters. The summed E-state index contributed by atoms with van der Waals surface area (Å²) in [6.45, 7) is 3.98. The number of carbonyl (C=O) groups excluding carboxylic acids is 1. The van der Waals surface area contributed by atoms with E-state index in [0.717, 1.165) is 19.4 Å². The van der Waals surface area contributed by atoms with Crippen molar-refractivity contribution in [1.82, 2.24) is 5.32 Å². The van der Waals surface area contributed by atoms with Crippen LogP contribution in [0.25, 0.3) is 0 Å². The van der Waals surface area contributed by atoms with Gasteiger partial charge in [0.15, 0.2) is 0 Å². The smallest absolute Gasteiger partial charge is 0.248 e. The minimum atomic E-state index is -0.430. The van der Waals surface area contributed by atoms with Crippen LogP contribution in [-0.4, -0.2) is 44.4 Å². The molecule has 1 amide bonds. The number of nitrogens with two attached hydrogens (primary N) is 1. The molecule has 0 aromatic rings. The lowest BCUT2D eigenvalue weighted by molar-refractivity contribution is -0.133. The highest BCUT2D eigenvalue weighted by Crippen LogP contribution is 2.12. The molecule has 6 heteroatoms. The first-order valence-corrected chi connectivity index (χ1v) is 5.45. The van der Waals surface area contributed by atoms with Crippen molar-refractivity contribution in [2.75, 3.05) is 26.3 Å². The Kier molecular flexibility index (Phi) is 8.56. The normalized spacial score (nSPS) is 21.2. The minimum absolute atomic E-state index is 0. The number of carbonyl (C=O) groups is 1. The van der Waals surface area contributed by atoms with Crippen LogP contribution < -0.4 is 11.1 Å². The maximum atomic E-state index is 11.4. The summed E-state index contributed by atoms with van der Waals surface area (Å²) in [5.74, 6) is -0.113. The summed E-state index contributed by atoms with van der Waals surface area (Å²) in [6.07, 6.45) is 1.84. The monoisotopic (exact) mass is 252 g/mol. The van der Waals surface area contributed by atoms with Crippen molar-refractivity contribution in [3.63, 3.8) is 0 Å². The van der Waals surface area contributed by atoms with E-state index in [-0.39, 0.29) is 24.4 Å². The Balaban J connectivity index is 0.00000225. The average molecular weight is 253 g/mol. The Bertz CT molecular complexity index is 199. The molecule has 1 fully saturated rings. The fourth-order valence-corrected chi connectivity index (χ4v) is 1.44. The highest BCUT2D eigenvalue weighted by Gasteiger charge is 2.19. The Labute approximate surface area is 102 Å². The van der Waals surface area contributed by atoms with Gasteiger partial charge in [-0.25, -0.2) is 0 Å². The van der Waals surface area contributed by atoms with Gasteiger partial charge < -0.3 is 20.5 Å². The summed E-state index contributed by atoms with van der Waals surface area (Å²) in [6, 6.07) is 0. The van der Waals surface area contributed by atoms with E-state index in [9.17, 15) is 4.79 Å². The van der Waals surface area contributed by atoms with E-state index in [1.165, 1.54) is 0 Å². The van der Waals surface area contributed by atoms with E-state index >= 15 is 0 Å². The maximum Gasteiger partial charge on any atom is 0.248 e. The summed E-state index contributed by atoms with van der Waals surface area (Å²) in [7, 11) is 0. The molecular weight excluding hydrogens is 232 g/mol. The predicted molar refractivity (Wildman–Crippen MR) is 63.7 cm³/mol. The van der Waals surface area contributed by atoms with Gasteiger partial charge in [0.2, 0.25) is 5.91 Å². The van der Waals surface area contributed by atoms with Crippen LogP contribution in [-0.2, 0) is 14.3 Å². The molecule has 2 unspecified atom stereocenters. The topological polar surface area (TPSA) is 73.6 Å². The van der Waals surface area contributed by atoms with Crippen LogP contribution >= 0.6 is 12.4 Å². The van der Waals surface area contributed by atoms with Crippen molar-refractivity contribution in [3.05, 3.63) is 0 Å². The van der Waals surface area contributed by atoms with E-state index in [1.807, 2.05) is 0 Å². The van der Waals surface area contributed by atoms with Crippen LogP contribution in [0.5, 0.6) is 0 Å². The second kappa shape index (κ2) is 8.75. The van der Waals surface area contributed by atoms with Gasteiger partial charge in [-0.2, -0.15) is 0 Å². The fraction of sp³-hybridized carbons (Fsp3) is 0.900. The van der Waals surface area contributed by atoms with Gasteiger partial charge in [-0.05, 0) is 19.8 Å². The van der Waals surface area contributed by atoms with Crippen LogP contribution in [0.1, 0.15) is 19.8 Å². The number of amides is 1. The number of rotatable bonds is 6. The van der Waals surface area contributed by atoms with Crippen LogP contribution in [0.3, 0.4) is 0 Å². The van der Waals surface area contributed by atoms with Crippen molar-refractivity contribution in [1.29, 1.82) is 0 Å². The lowest BCUT2D eigenvalue weighted by atomic mass is 10.2. The molecule has 1 rings (SSSR count). The van der Waals surface area contributed by atoms with Crippen molar-refractivity contribution in [2.45, 2.75) is 32.0 Å². The number of ether oxygens (including phenoxy) is 2. The van der Waals surface area contributed by atoms with Crippen molar-refractivity contribution < 1.29 is 14.3 Å². The Morgan fingerprint density at radius 1 is 1.69 bits per heavy atom. The van der Waals surface area contributed by atoms with Gasteiger partial charge in [0, 0.05) is 19.7 Å². The van der Waals surface area contributed by atoms with E-state index < -0.39 is 6.10 Å². The molecular formula is C10H21ClN2O3. The lowest BCUT2D eigenvalue weighted by Crippen LogP contribution is -2.38. The first kappa shape index (κ1) is 15.6. The molecule has 3 N–H and O–H groups in total. The van der Waals surface area contributed by atoms with Gasteiger partial charge in [-0.1, -0.05) is 0 Å². The molecule has 0 bridgehead atoms. The summed E-state index contributed by atoms with van der Waals surface area (Å²) < 4.78 is 10.8. The molecule has 96 valence electrons. The third kappa shape index (κ3) is 5.65. The maximum absolute atomic E-state index is 11.4. The van der Waals surface area contributed by atoms with Crippen molar-refractivity contribution in [3.8, 4) is 0 Å². The Morgan fingerprint density at radius 3 is 3.00 bits per heavy atom. The first-order valence-electron chi connectivity index (χ1n) is 5.45. The molecule has 0 aromatic carbocycles. The van der Waals surface area contributed by atoms with Gasteiger partial charge in [0.25, 0.3) is 0 Å². The SMILES string of the molecule is CC(OCC1CCCO1)C(=O)NCCN.Cl. The molecule has 1 saturated heterocycles. The predicted octanol–water partition coefficient (Wildman–Crippen LogP) is 0.0672. The van der Waals surface area contributed by atoms with E-state index in [1.54, 1.807) is 6.92 Å². The molecule has 1 heterocycles. The number of hydrogen-bond acceptors (Lipinski definition) is 4. The van der Waals surface area contributed by atoms with Crippen molar-refractivity contribution >= 4 is 18.3 Å². The van der Waals surface area contributed by atoms with E-state index in [2.05, 4.69) is 5.32 Å². The van der Waals surface area contributed by atoms with E-state index in [0.29, 0.717) is 19.7 Å². The largest absolute Gasteiger partial charge is 0.376 e. The number of halogens is 1. The second-order valence-corrected chi connectivity index (χ2v) is 3.69. The van der Waals surface area contributed by atoms with Gasteiger partial charge in [-0.3, -0.25) is 4.79 Å². The van der Waals surface area contributed by atoms with Gasteiger partial charge >= 0.3 is 0 Å². The van der Waals surface area contributed by atoms with Gasteiger partial charge in [0.05, 0.1) is 12.7 Å². The molecule has 5 nitrogen and oxygen atoms in total. The fourth-order valence-electron chi connectivity index (χ4n) is 1.44. The Morgan fingerprint density at radius 2 is 2.44 bits per heavy atom. The molecule has 16 heavy (non-hydrogen) atoms. The average Bonchev–Trinajstić information content (AvgIpc) is 2.75. The zero-order valence-corrected chi connectivity index (χ0v) is 10.4. The van der Waals surface area contributed by atoms with Gasteiger partial charge in [0.1, 0.15) is 6.10 Å². The summed E-state index contributed by atoms with van der Waals surface area (Å²) in [5, 5.41) is 2.68. The number of hydrogen-bond donors (Lipinski definition) is 2. The number of nitrogens with one attached hydrogen (secondary N) is 1. The van der Waals surface area contributed by atoms with E-state index in [4.69, 9.17) is 15.2 Å². The van der Waals surface area contributed by atoms with Crippen molar-refractivity contribution in [2.24, 2.45) is 5.73 Å². The molecule has 1 aliphatic rings. The molecule has 0 saturated carbocycles. The summed E-state index contributed by atoms with van der Waals surface area (Å²) in [4.78, 5) is 11.4. The second-order valence-electron chi connectivity index (χ2n) is 3.69. The molecule has 0 radical (unpaired) electrons. The third-order valence-corrected chi connectivity index (χ3v) is 2.37. The lowest BCUT2D eigenvalue weighted by Gasteiger charge is -2.15. The van der Waals surface area contributed by atoms with Crippen LogP contribution in [0.4, 0.5) is 0 Å².